The van der Waals surface area contributed by atoms with E-state index in [1.807, 2.05) is 13.0 Å². The van der Waals surface area contributed by atoms with E-state index in [1.165, 1.54) is 18.0 Å². The van der Waals surface area contributed by atoms with Crippen molar-refractivity contribution in [2.24, 2.45) is 5.10 Å². The van der Waals surface area contributed by atoms with Crippen molar-refractivity contribution in [3.05, 3.63) is 67.6 Å². The topological polar surface area (TPSA) is 82.8 Å². The molecule has 0 bridgehead atoms. The van der Waals surface area contributed by atoms with Crippen molar-refractivity contribution in [2.45, 2.75) is 13.3 Å². The van der Waals surface area contributed by atoms with E-state index >= 15 is 0 Å². The molecule has 0 radical (unpaired) electrons. The molecule has 0 saturated carbocycles. The molecule has 0 atom stereocenters. The number of carbonyl (C=O) groups is 1. The molecule has 3 aromatic rings. The molecule has 0 amide bonds. The van der Waals surface area contributed by atoms with Crippen molar-refractivity contribution in [1.82, 2.24) is 9.66 Å². The number of halogens is 2. The molecule has 0 aliphatic heterocycles. The normalized spacial score (nSPS) is 11.2. The van der Waals surface area contributed by atoms with Gasteiger partial charge in [-0.2, -0.15) is 9.78 Å². The Morgan fingerprint density at radius 3 is 2.79 bits per heavy atom. The summed E-state index contributed by atoms with van der Waals surface area (Å²) in [7, 11) is 1.28. The molecule has 0 aliphatic carbocycles. The summed E-state index contributed by atoms with van der Waals surface area (Å²) in [5, 5.41) is 5.09. The number of aromatic nitrogens is 2. The predicted molar refractivity (Wildman–Crippen MR) is 115 cm³/mol. The zero-order chi connectivity index (χ0) is 21.0. The SMILES string of the molecule is CCc1nc2ccc(Br)cc2c(=O)n1N=Cc1ccc(OCC(=O)OC)c(Cl)c1. The summed E-state index contributed by atoms with van der Waals surface area (Å²) in [5.74, 6) is 0.386. The van der Waals surface area contributed by atoms with Crippen LogP contribution in [0.2, 0.25) is 5.02 Å². The third-order valence-corrected chi connectivity index (χ3v) is 4.83. The van der Waals surface area contributed by atoms with E-state index in [9.17, 15) is 9.59 Å². The summed E-state index contributed by atoms with van der Waals surface area (Å²) in [6, 6.07) is 10.3. The van der Waals surface area contributed by atoms with Crippen LogP contribution in [-0.2, 0) is 16.0 Å². The lowest BCUT2D eigenvalue weighted by Gasteiger charge is -2.08. The number of benzene rings is 2. The van der Waals surface area contributed by atoms with Crippen molar-refractivity contribution < 1.29 is 14.3 Å². The Hall–Kier alpha value is -2.71. The summed E-state index contributed by atoms with van der Waals surface area (Å²) < 4.78 is 11.9. The van der Waals surface area contributed by atoms with Gasteiger partial charge in [-0.25, -0.2) is 9.78 Å². The molecule has 0 spiro atoms. The van der Waals surface area contributed by atoms with Gasteiger partial charge in [0.1, 0.15) is 11.6 Å². The van der Waals surface area contributed by atoms with Crippen LogP contribution in [0.15, 0.2) is 50.8 Å². The van der Waals surface area contributed by atoms with Crippen molar-refractivity contribution in [3.63, 3.8) is 0 Å². The first kappa shape index (κ1) is 21.0. The molecule has 1 heterocycles. The molecule has 0 saturated heterocycles. The maximum absolute atomic E-state index is 12.9. The van der Waals surface area contributed by atoms with E-state index in [-0.39, 0.29) is 12.2 Å². The Balaban J connectivity index is 1.92. The highest BCUT2D eigenvalue weighted by Crippen LogP contribution is 2.25. The fourth-order valence-corrected chi connectivity index (χ4v) is 3.18. The zero-order valence-electron chi connectivity index (χ0n) is 15.7. The molecule has 150 valence electrons. The standard InChI is InChI=1S/C20H17BrClN3O4/c1-3-18-24-16-6-5-13(21)9-14(16)20(27)25(18)23-10-12-4-7-17(15(22)8-12)29-11-19(26)28-2/h4-10H,3,11H2,1-2H3. The number of methoxy groups -OCH3 is 1. The van der Waals surface area contributed by atoms with E-state index in [4.69, 9.17) is 16.3 Å². The largest absolute Gasteiger partial charge is 0.480 e. The van der Waals surface area contributed by atoms with E-state index in [0.717, 1.165) is 4.47 Å². The second-order valence-electron chi connectivity index (χ2n) is 5.96. The van der Waals surface area contributed by atoms with E-state index in [0.29, 0.717) is 39.5 Å². The first-order valence-corrected chi connectivity index (χ1v) is 9.84. The van der Waals surface area contributed by atoms with Gasteiger partial charge in [-0.05, 0) is 42.0 Å². The highest BCUT2D eigenvalue weighted by atomic mass is 79.9. The maximum Gasteiger partial charge on any atom is 0.343 e. The number of rotatable bonds is 6. The number of fused-ring (bicyclic) bond motifs is 1. The average Bonchev–Trinajstić information content (AvgIpc) is 2.72. The Morgan fingerprint density at radius 1 is 1.31 bits per heavy atom. The van der Waals surface area contributed by atoms with Crippen LogP contribution in [0.5, 0.6) is 5.75 Å². The average molecular weight is 479 g/mol. The van der Waals surface area contributed by atoms with Crippen molar-refractivity contribution in [1.29, 1.82) is 0 Å². The molecule has 0 aliphatic rings. The fourth-order valence-electron chi connectivity index (χ4n) is 2.58. The minimum Gasteiger partial charge on any atom is -0.480 e. The molecule has 1 aromatic heterocycles. The molecule has 3 rings (SSSR count). The Bertz CT molecular complexity index is 1160. The summed E-state index contributed by atoms with van der Waals surface area (Å²) in [6.45, 7) is 1.67. The van der Waals surface area contributed by atoms with E-state index in [2.05, 4.69) is 30.8 Å². The summed E-state index contributed by atoms with van der Waals surface area (Å²) in [6.07, 6.45) is 2.06. The molecule has 0 N–H and O–H groups in total. The highest BCUT2D eigenvalue weighted by Gasteiger charge is 2.10. The lowest BCUT2D eigenvalue weighted by Crippen LogP contribution is -2.22. The minimum absolute atomic E-state index is 0.239. The minimum atomic E-state index is -0.506. The van der Waals surface area contributed by atoms with Gasteiger partial charge in [0.15, 0.2) is 6.61 Å². The molecular weight excluding hydrogens is 462 g/mol. The van der Waals surface area contributed by atoms with Gasteiger partial charge in [0.05, 0.1) is 29.2 Å². The van der Waals surface area contributed by atoms with Crippen molar-refractivity contribution >= 4 is 50.6 Å². The van der Waals surface area contributed by atoms with Gasteiger partial charge in [-0.15, -0.1) is 0 Å². The Kier molecular flexibility index (Phi) is 6.66. The number of nitrogens with zero attached hydrogens (tertiary/aromatic N) is 3. The number of hydrogen-bond donors (Lipinski definition) is 0. The highest BCUT2D eigenvalue weighted by molar-refractivity contribution is 9.10. The van der Waals surface area contributed by atoms with Gasteiger partial charge < -0.3 is 9.47 Å². The van der Waals surface area contributed by atoms with Gasteiger partial charge in [-0.3, -0.25) is 4.79 Å². The Morgan fingerprint density at radius 2 is 2.10 bits per heavy atom. The number of esters is 1. The molecule has 0 unspecified atom stereocenters. The van der Waals surface area contributed by atoms with E-state index in [1.54, 1.807) is 30.3 Å². The van der Waals surface area contributed by atoms with Crippen LogP contribution in [0, 0.1) is 0 Å². The van der Waals surface area contributed by atoms with Crippen LogP contribution < -0.4 is 10.3 Å². The molecule has 2 aromatic carbocycles. The third-order valence-electron chi connectivity index (χ3n) is 4.04. The summed E-state index contributed by atoms with van der Waals surface area (Å²) >= 11 is 9.57. The number of aryl methyl sites for hydroxylation is 1. The lowest BCUT2D eigenvalue weighted by molar-refractivity contribution is -0.142. The fraction of sp³-hybridized carbons (Fsp3) is 0.200. The zero-order valence-corrected chi connectivity index (χ0v) is 18.0. The molecule has 9 heteroatoms. The van der Waals surface area contributed by atoms with Crippen LogP contribution in [0.25, 0.3) is 10.9 Å². The second-order valence-corrected chi connectivity index (χ2v) is 7.28. The van der Waals surface area contributed by atoms with Crippen LogP contribution >= 0.6 is 27.5 Å². The third kappa shape index (κ3) is 4.83. The van der Waals surface area contributed by atoms with Crippen LogP contribution in [0.3, 0.4) is 0 Å². The lowest BCUT2D eigenvalue weighted by atomic mass is 10.2. The Labute approximate surface area is 180 Å². The molecular formula is C20H17BrClN3O4. The first-order valence-electron chi connectivity index (χ1n) is 8.67. The maximum atomic E-state index is 12.9. The smallest absolute Gasteiger partial charge is 0.343 e. The van der Waals surface area contributed by atoms with Crippen molar-refractivity contribution in [3.8, 4) is 5.75 Å². The van der Waals surface area contributed by atoms with Gasteiger partial charge >= 0.3 is 5.97 Å². The summed E-state index contributed by atoms with van der Waals surface area (Å²) in [5.41, 5.74) is 1.02. The predicted octanol–water partition coefficient (Wildman–Crippen LogP) is 3.81. The molecule has 0 fully saturated rings. The number of hydrogen-bond acceptors (Lipinski definition) is 6. The quantitative estimate of drug-likeness (QED) is 0.397. The molecule has 29 heavy (non-hydrogen) atoms. The van der Waals surface area contributed by atoms with E-state index < -0.39 is 5.97 Å². The number of carbonyl (C=O) groups excluding carboxylic acids is 1. The number of ether oxygens (including phenoxy) is 2. The van der Waals surface area contributed by atoms with Gasteiger partial charge in [0.25, 0.3) is 5.56 Å². The second kappa shape index (κ2) is 9.19. The van der Waals surface area contributed by atoms with Gasteiger partial charge in [-0.1, -0.05) is 34.5 Å². The van der Waals surface area contributed by atoms with Crippen LogP contribution in [-0.4, -0.2) is 35.6 Å². The van der Waals surface area contributed by atoms with Crippen LogP contribution in [0.4, 0.5) is 0 Å². The van der Waals surface area contributed by atoms with Crippen molar-refractivity contribution in [2.75, 3.05) is 13.7 Å². The van der Waals surface area contributed by atoms with Crippen LogP contribution in [0.1, 0.15) is 18.3 Å². The monoisotopic (exact) mass is 477 g/mol. The molecule has 7 nitrogen and oxygen atoms in total. The first-order chi connectivity index (χ1) is 13.9. The summed E-state index contributed by atoms with van der Waals surface area (Å²) in [4.78, 5) is 28.6. The van der Waals surface area contributed by atoms with Gasteiger partial charge in [0.2, 0.25) is 0 Å². The van der Waals surface area contributed by atoms with Gasteiger partial charge in [0, 0.05) is 10.9 Å².